The van der Waals surface area contributed by atoms with E-state index < -0.39 is 18.1 Å². The molecule has 3 rings (SSSR count). The molecule has 7 heteroatoms. The highest BCUT2D eigenvalue weighted by atomic mass is 16.5. The van der Waals surface area contributed by atoms with Gasteiger partial charge in [-0.1, -0.05) is 62.4 Å². The van der Waals surface area contributed by atoms with Gasteiger partial charge in [0.25, 0.3) is 0 Å². The molecule has 1 aliphatic carbocycles. The average molecular weight is 439 g/mol. The molecule has 0 spiro atoms. The van der Waals surface area contributed by atoms with Crippen molar-refractivity contribution in [3.63, 3.8) is 0 Å². The number of nitrogens with one attached hydrogen (secondary N) is 2. The topological polar surface area (TPSA) is 105 Å². The highest BCUT2D eigenvalue weighted by molar-refractivity contribution is 5.83. The highest BCUT2D eigenvalue weighted by Gasteiger charge is 2.29. The maximum Gasteiger partial charge on any atom is 0.407 e. The molecule has 3 N–H and O–H groups in total. The summed E-state index contributed by atoms with van der Waals surface area (Å²) in [4.78, 5) is 35.4. The van der Waals surface area contributed by atoms with E-state index in [4.69, 9.17) is 9.84 Å². The van der Waals surface area contributed by atoms with Crippen molar-refractivity contribution >= 4 is 18.0 Å². The van der Waals surface area contributed by atoms with E-state index in [0.717, 1.165) is 11.1 Å². The molecule has 2 aromatic carbocycles. The number of rotatable bonds is 9. The van der Waals surface area contributed by atoms with Gasteiger partial charge in [0.15, 0.2) is 0 Å². The van der Waals surface area contributed by atoms with Gasteiger partial charge in [-0.3, -0.25) is 9.59 Å². The van der Waals surface area contributed by atoms with Crippen LogP contribution in [0.5, 0.6) is 0 Å². The summed E-state index contributed by atoms with van der Waals surface area (Å²) in [7, 11) is 0. The number of carboxylic acids is 1. The van der Waals surface area contributed by atoms with Crippen LogP contribution in [0.1, 0.15) is 44.2 Å². The largest absolute Gasteiger partial charge is 0.480 e. The van der Waals surface area contributed by atoms with Gasteiger partial charge in [0, 0.05) is 18.9 Å². The summed E-state index contributed by atoms with van der Waals surface area (Å²) in [6, 6.07) is 15.3. The minimum absolute atomic E-state index is 0.0164. The predicted octanol–water partition coefficient (Wildman–Crippen LogP) is 3.78. The van der Waals surface area contributed by atoms with Crippen molar-refractivity contribution in [2.24, 2.45) is 11.8 Å². The van der Waals surface area contributed by atoms with E-state index >= 15 is 0 Å². The lowest BCUT2D eigenvalue weighted by molar-refractivity contribution is -0.141. The van der Waals surface area contributed by atoms with Gasteiger partial charge in [-0.05, 0) is 41.0 Å². The van der Waals surface area contributed by atoms with Crippen LogP contribution in [0.2, 0.25) is 0 Å². The second-order valence-corrected chi connectivity index (χ2v) is 8.54. The summed E-state index contributed by atoms with van der Waals surface area (Å²) in [5, 5.41) is 14.1. The Morgan fingerprint density at radius 3 is 2.06 bits per heavy atom. The first kappa shape index (κ1) is 23.3. The van der Waals surface area contributed by atoms with E-state index in [0.29, 0.717) is 0 Å². The summed E-state index contributed by atoms with van der Waals surface area (Å²) in [6.45, 7) is 5.82. The lowest BCUT2D eigenvalue weighted by atomic mass is 9.92. The zero-order chi connectivity index (χ0) is 23.3. The average Bonchev–Trinajstić information content (AvgIpc) is 3.08. The van der Waals surface area contributed by atoms with Crippen molar-refractivity contribution in [3.8, 4) is 11.1 Å². The van der Waals surface area contributed by atoms with E-state index in [1.807, 2.05) is 38.1 Å². The van der Waals surface area contributed by atoms with Crippen molar-refractivity contribution in [3.05, 3.63) is 59.7 Å². The number of benzene rings is 2. The Morgan fingerprint density at radius 1 is 0.969 bits per heavy atom. The summed E-state index contributed by atoms with van der Waals surface area (Å²) in [5.74, 6) is -1.48. The van der Waals surface area contributed by atoms with Gasteiger partial charge >= 0.3 is 12.1 Å². The van der Waals surface area contributed by atoms with Crippen LogP contribution in [0, 0.1) is 11.8 Å². The third-order valence-electron chi connectivity index (χ3n) is 5.99. The number of hydrogen-bond acceptors (Lipinski definition) is 4. The standard InChI is InChI=1S/C25H30N2O5/c1-15(2)17(12-23(28)27-16(3)24(29)30)13-26-25(31)32-14-22-20-10-6-4-8-18(20)19-9-5-7-11-21(19)22/h4-11,15-17,22H,12-14H2,1-3H3,(H,26,31)(H,27,28)(H,29,30). The molecule has 2 amide bonds. The number of hydrogen-bond donors (Lipinski definition) is 3. The summed E-state index contributed by atoms with van der Waals surface area (Å²) in [6.07, 6.45) is -0.407. The number of ether oxygens (including phenoxy) is 1. The Balaban J connectivity index is 1.54. The molecule has 0 radical (unpaired) electrons. The number of amides is 2. The van der Waals surface area contributed by atoms with Gasteiger partial charge in [-0.15, -0.1) is 0 Å². The molecular weight excluding hydrogens is 408 g/mol. The van der Waals surface area contributed by atoms with Crippen LogP contribution >= 0.6 is 0 Å². The third kappa shape index (κ3) is 5.46. The minimum atomic E-state index is -1.09. The molecular formula is C25H30N2O5. The zero-order valence-electron chi connectivity index (χ0n) is 18.6. The van der Waals surface area contributed by atoms with Crippen LogP contribution in [0.3, 0.4) is 0 Å². The molecule has 170 valence electrons. The van der Waals surface area contributed by atoms with Crippen LogP contribution < -0.4 is 10.6 Å². The van der Waals surface area contributed by atoms with Crippen LogP contribution in [0.4, 0.5) is 4.79 Å². The maximum atomic E-state index is 12.4. The third-order valence-corrected chi connectivity index (χ3v) is 5.99. The molecule has 0 saturated carbocycles. The van der Waals surface area contributed by atoms with Crippen molar-refractivity contribution in [1.29, 1.82) is 0 Å². The molecule has 0 aromatic heterocycles. The van der Waals surface area contributed by atoms with Gasteiger partial charge in [-0.2, -0.15) is 0 Å². The fraction of sp³-hybridized carbons (Fsp3) is 0.400. The summed E-state index contributed by atoms with van der Waals surface area (Å²) in [5.41, 5.74) is 4.62. The summed E-state index contributed by atoms with van der Waals surface area (Å²) >= 11 is 0. The maximum absolute atomic E-state index is 12.4. The van der Waals surface area contributed by atoms with Gasteiger partial charge in [0.2, 0.25) is 5.91 Å². The van der Waals surface area contributed by atoms with E-state index in [1.54, 1.807) is 0 Å². The molecule has 0 bridgehead atoms. The molecule has 2 aromatic rings. The van der Waals surface area contributed by atoms with E-state index in [1.165, 1.54) is 18.1 Å². The minimum Gasteiger partial charge on any atom is -0.480 e. The Hall–Kier alpha value is -3.35. The smallest absolute Gasteiger partial charge is 0.407 e. The van der Waals surface area contributed by atoms with Crippen molar-refractivity contribution in [1.82, 2.24) is 10.6 Å². The number of carbonyl (C=O) groups excluding carboxylic acids is 2. The van der Waals surface area contributed by atoms with Crippen LogP contribution in [-0.4, -0.2) is 42.3 Å². The molecule has 0 aliphatic heterocycles. The molecule has 2 atom stereocenters. The van der Waals surface area contributed by atoms with Gasteiger partial charge in [-0.25, -0.2) is 4.79 Å². The Morgan fingerprint density at radius 2 is 1.53 bits per heavy atom. The fourth-order valence-electron chi connectivity index (χ4n) is 4.01. The molecule has 1 aliphatic rings. The van der Waals surface area contributed by atoms with Crippen LogP contribution in [0.25, 0.3) is 11.1 Å². The first-order valence-electron chi connectivity index (χ1n) is 10.9. The van der Waals surface area contributed by atoms with E-state index in [2.05, 4.69) is 34.9 Å². The molecule has 32 heavy (non-hydrogen) atoms. The summed E-state index contributed by atoms with van der Waals surface area (Å²) < 4.78 is 5.54. The molecule has 0 saturated heterocycles. The highest BCUT2D eigenvalue weighted by Crippen LogP contribution is 2.44. The van der Waals surface area contributed by atoms with E-state index in [-0.39, 0.29) is 43.2 Å². The van der Waals surface area contributed by atoms with Gasteiger partial charge in [0.1, 0.15) is 12.6 Å². The number of fused-ring (bicyclic) bond motifs is 3. The first-order valence-corrected chi connectivity index (χ1v) is 10.9. The number of aliphatic carboxylic acids is 1. The van der Waals surface area contributed by atoms with Crippen LogP contribution in [-0.2, 0) is 14.3 Å². The second kappa shape index (κ2) is 10.3. The van der Waals surface area contributed by atoms with Crippen molar-refractivity contribution < 1.29 is 24.2 Å². The Labute approximate surface area is 188 Å². The number of carboxylic acid groups (broad SMARTS) is 1. The SMILES string of the molecule is CC(NC(=O)CC(CNC(=O)OCC1c2ccccc2-c2ccccc21)C(C)C)C(=O)O. The van der Waals surface area contributed by atoms with Crippen molar-refractivity contribution in [2.75, 3.05) is 13.2 Å². The molecule has 0 heterocycles. The number of carbonyl (C=O) groups is 3. The van der Waals surface area contributed by atoms with Crippen molar-refractivity contribution in [2.45, 2.75) is 39.2 Å². The Kier molecular flexibility index (Phi) is 7.51. The lowest BCUT2D eigenvalue weighted by Crippen LogP contribution is -2.41. The molecule has 7 nitrogen and oxygen atoms in total. The number of alkyl carbamates (subject to hydrolysis) is 1. The zero-order valence-corrected chi connectivity index (χ0v) is 18.6. The van der Waals surface area contributed by atoms with Gasteiger partial charge in [0.05, 0.1) is 0 Å². The molecule has 0 fully saturated rings. The normalized spacial score (nSPS) is 14.2. The van der Waals surface area contributed by atoms with E-state index in [9.17, 15) is 14.4 Å². The van der Waals surface area contributed by atoms with Crippen LogP contribution in [0.15, 0.2) is 48.5 Å². The predicted molar refractivity (Wildman–Crippen MR) is 121 cm³/mol. The Bertz CT molecular complexity index is 942. The monoisotopic (exact) mass is 438 g/mol. The molecule has 2 unspecified atom stereocenters. The first-order chi connectivity index (χ1) is 15.3. The van der Waals surface area contributed by atoms with Gasteiger partial charge < -0.3 is 20.5 Å². The quantitative estimate of drug-likeness (QED) is 0.553. The second-order valence-electron chi connectivity index (χ2n) is 8.54. The fourth-order valence-corrected chi connectivity index (χ4v) is 4.01. The lowest BCUT2D eigenvalue weighted by Gasteiger charge is -2.22.